The number of carbonyl (C=O) groups excluding carboxylic acids is 5. The monoisotopic (exact) mass is 566 g/mol. The standard InChI is InChI=1S/C36H38O6/c1-19(37)28-12-13-29-26-11-9-21-17-22(38)14-15-35(21,2)30(26)18-31(36(28,29)3)42-34(41)20-8-10-25-27(16-20)33(40)24-7-5-4-6-23(24)32(25)39/h4-8,10,16,21,26,28-31H,9,11-15,17-18H2,1-3H3. The molecule has 42 heavy (non-hydrogen) atoms. The Labute approximate surface area is 246 Å². The van der Waals surface area contributed by atoms with Crippen molar-refractivity contribution < 1.29 is 28.7 Å². The summed E-state index contributed by atoms with van der Waals surface area (Å²) in [5.41, 5.74) is 1.03. The molecule has 5 aliphatic rings. The summed E-state index contributed by atoms with van der Waals surface area (Å²) in [7, 11) is 0. The van der Waals surface area contributed by atoms with E-state index in [0.717, 1.165) is 32.1 Å². The molecule has 0 bridgehead atoms. The fraction of sp³-hybridized carbons (Fsp3) is 0.528. The topological polar surface area (TPSA) is 94.6 Å². The second-order valence-electron chi connectivity index (χ2n) is 14.1. The number of ketones is 4. The molecule has 6 nitrogen and oxygen atoms in total. The summed E-state index contributed by atoms with van der Waals surface area (Å²) >= 11 is 0. The molecule has 6 heteroatoms. The molecule has 8 unspecified atom stereocenters. The number of rotatable bonds is 3. The predicted molar refractivity (Wildman–Crippen MR) is 155 cm³/mol. The van der Waals surface area contributed by atoms with E-state index in [4.69, 9.17) is 4.74 Å². The molecule has 0 heterocycles. The first kappa shape index (κ1) is 27.4. The van der Waals surface area contributed by atoms with Crippen LogP contribution in [0.1, 0.15) is 114 Å². The SMILES string of the molecule is CC(=O)C1CCC2C3CCC4CC(=O)CCC4(C)C3CC(OC(=O)c3ccc4c(c3)C(=O)c3ccccc3C4=O)C12C. The lowest BCUT2D eigenvalue weighted by Gasteiger charge is -2.61. The minimum Gasteiger partial charge on any atom is -0.458 e. The van der Waals surface area contributed by atoms with Crippen molar-refractivity contribution in [2.75, 3.05) is 0 Å². The van der Waals surface area contributed by atoms with Gasteiger partial charge in [0.25, 0.3) is 0 Å². The van der Waals surface area contributed by atoms with E-state index in [1.54, 1.807) is 43.3 Å². The molecular formula is C36H38O6. The van der Waals surface area contributed by atoms with Crippen LogP contribution in [0.25, 0.3) is 0 Å². The van der Waals surface area contributed by atoms with E-state index in [2.05, 4.69) is 13.8 Å². The molecule has 218 valence electrons. The van der Waals surface area contributed by atoms with Crippen LogP contribution in [-0.4, -0.2) is 35.2 Å². The van der Waals surface area contributed by atoms with Gasteiger partial charge in [0.2, 0.25) is 0 Å². The highest BCUT2D eigenvalue weighted by Crippen LogP contribution is 2.67. The van der Waals surface area contributed by atoms with Crippen molar-refractivity contribution in [3.63, 3.8) is 0 Å². The molecule has 0 aromatic heterocycles. The van der Waals surface area contributed by atoms with Crippen LogP contribution < -0.4 is 0 Å². The van der Waals surface area contributed by atoms with Gasteiger partial charge in [-0.1, -0.05) is 38.1 Å². The molecule has 7 rings (SSSR count). The van der Waals surface area contributed by atoms with Crippen LogP contribution in [0.4, 0.5) is 0 Å². The van der Waals surface area contributed by atoms with Crippen LogP contribution in [0.5, 0.6) is 0 Å². The smallest absolute Gasteiger partial charge is 0.338 e. The maximum absolute atomic E-state index is 13.9. The fourth-order valence-corrected chi connectivity index (χ4v) is 10.2. The lowest BCUT2D eigenvalue weighted by Crippen LogP contribution is -2.59. The second kappa shape index (κ2) is 9.55. The van der Waals surface area contributed by atoms with Crippen molar-refractivity contribution in [3.8, 4) is 0 Å². The minimum atomic E-state index is -0.522. The average molecular weight is 567 g/mol. The first-order valence-electron chi connectivity index (χ1n) is 15.6. The maximum atomic E-state index is 13.9. The summed E-state index contributed by atoms with van der Waals surface area (Å²) in [6.07, 6.45) is 6.24. The Kier molecular flexibility index (Phi) is 6.24. The van der Waals surface area contributed by atoms with Gasteiger partial charge in [-0.05, 0) is 92.7 Å². The first-order chi connectivity index (χ1) is 20.0. The Morgan fingerprint density at radius 2 is 1.52 bits per heavy atom. The van der Waals surface area contributed by atoms with Gasteiger partial charge in [0.1, 0.15) is 17.7 Å². The van der Waals surface area contributed by atoms with Gasteiger partial charge in [-0.3, -0.25) is 19.2 Å². The van der Waals surface area contributed by atoms with E-state index in [1.807, 2.05) is 0 Å². The molecule has 4 saturated carbocycles. The summed E-state index contributed by atoms with van der Waals surface area (Å²) in [5.74, 6) is 0.735. The predicted octanol–water partition coefficient (Wildman–Crippen LogP) is 6.41. The summed E-state index contributed by atoms with van der Waals surface area (Å²) in [6.45, 7) is 6.18. The average Bonchev–Trinajstić information content (AvgIpc) is 3.35. The van der Waals surface area contributed by atoms with Crippen molar-refractivity contribution in [3.05, 3.63) is 70.3 Å². The molecule has 4 fully saturated rings. The third-order valence-corrected chi connectivity index (χ3v) is 12.5. The zero-order valence-electron chi connectivity index (χ0n) is 24.6. The zero-order chi connectivity index (χ0) is 29.6. The van der Waals surface area contributed by atoms with Gasteiger partial charge in [0, 0.05) is 46.4 Å². The summed E-state index contributed by atoms with van der Waals surface area (Å²) in [4.78, 5) is 65.7. The molecule has 0 spiro atoms. The van der Waals surface area contributed by atoms with Gasteiger partial charge in [-0.25, -0.2) is 4.79 Å². The number of esters is 1. The molecule has 0 N–H and O–H groups in total. The number of fused-ring (bicyclic) bond motifs is 7. The largest absolute Gasteiger partial charge is 0.458 e. The number of benzene rings is 2. The lowest BCUT2D eigenvalue weighted by atomic mass is 9.44. The van der Waals surface area contributed by atoms with Gasteiger partial charge in [0.05, 0.1) is 5.56 Å². The fourth-order valence-electron chi connectivity index (χ4n) is 10.2. The lowest BCUT2D eigenvalue weighted by molar-refractivity contribution is -0.171. The van der Waals surface area contributed by atoms with Crippen LogP contribution in [0.2, 0.25) is 0 Å². The van der Waals surface area contributed by atoms with Crippen LogP contribution in [0.15, 0.2) is 42.5 Å². The maximum Gasteiger partial charge on any atom is 0.338 e. The third kappa shape index (κ3) is 3.79. The van der Waals surface area contributed by atoms with E-state index < -0.39 is 17.5 Å². The summed E-state index contributed by atoms with van der Waals surface area (Å²) in [5, 5.41) is 0. The van der Waals surface area contributed by atoms with Crippen LogP contribution in [-0.2, 0) is 14.3 Å². The molecule has 0 aliphatic heterocycles. The van der Waals surface area contributed by atoms with Crippen molar-refractivity contribution in [1.29, 1.82) is 0 Å². The molecule has 0 radical (unpaired) electrons. The number of carbonyl (C=O) groups is 5. The van der Waals surface area contributed by atoms with Crippen LogP contribution >= 0.6 is 0 Å². The third-order valence-electron chi connectivity index (χ3n) is 12.5. The van der Waals surface area contributed by atoms with E-state index in [0.29, 0.717) is 59.5 Å². The van der Waals surface area contributed by atoms with Crippen LogP contribution in [0.3, 0.4) is 0 Å². The Hall–Kier alpha value is -3.41. The van der Waals surface area contributed by atoms with Crippen LogP contribution in [0, 0.1) is 40.4 Å². The molecular weight excluding hydrogens is 528 g/mol. The van der Waals surface area contributed by atoms with E-state index in [9.17, 15) is 24.0 Å². The number of hydrogen-bond donors (Lipinski definition) is 0. The summed E-state index contributed by atoms with van der Waals surface area (Å²) < 4.78 is 6.44. The van der Waals surface area contributed by atoms with Gasteiger partial charge in [-0.15, -0.1) is 0 Å². The Bertz CT molecular complexity index is 1550. The highest BCUT2D eigenvalue weighted by atomic mass is 16.5. The van der Waals surface area contributed by atoms with Gasteiger partial charge in [0.15, 0.2) is 11.6 Å². The minimum absolute atomic E-state index is 0.0170. The highest BCUT2D eigenvalue weighted by molar-refractivity contribution is 6.28. The van der Waals surface area contributed by atoms with Gasteiger partial charge in [-0.2, -0.15) is 0 Å². The van der Waals surface area contributed by atoms with E-state index in [1.165, 1.54) is 6.07 Å². The van der Waals surface area contributed by atoms with Crippen molar-refractivity contribution >= 4 is 29.1 Å². The number of ether oxygens (including phenoxy) is 1. The zero-order valence-corrected chi connectivity index (χ0v) is 24.6. The first-order valence-corrected chi connectivity index (χ1v) is 15.6. The quantitative estimate of drug-likeness (QED) is 0.340. The molecule has 2 aromatic rings. The highest BCUT2D eigenvalue weighted by Gasteiger charge is 2.65. The molecule has 5 aliphatic carbocycles. The van der Waals surface area contributed by atoms with Crippen molar-refractivity contribution in [2.24, 2.45) is 40.4 Å². The summed E-state index contributed by atoms with van der Waals surface area (Å²) in [6, 6.07) is 11.4. The molecule has 2 aromatic carbocycles. The number of Topliss-reactive ketones (excluding diaryl/α,β-unsaturated/α-hetero) is 2. The van der Waals surface area contributed by atoms with Gasteiger partial charge < -0.3 is 4.74 Å². The normalized spacial score (nSPS) is 36.7. The van der Waals surface area contributed by atoms with E-state index in [-0.39, 0.29) is 45.7 Å². The molecule has 0 amide bonds. The Morgan fingerprint density at radius 3 is 2.24 bits per heavy atom. The van der Waals surface area contributed by atoms with Gasteiger partial charge >= 0.3 is 5.97 Å². The van der Waals surface area contributed by atoms with E-state index >= 15 is 0 Å². The molecule has 8 atom stereocenters. The Balaban J connectivity index is 1.23. The van der Waals surface area contributed by atoms with Crippen molar-refractivity contribution in [2.45, 2.75) is 78.2 Å². The second-order valence-corrected chi connectivity index (χ2v) is 14.1. The Morgan fingerprint density at radius 1 is 0.833 bits per heavy atom. The van der Waals surface area contributed by atoms with Crippen molar-refractivity contribution in [1.82, 2.24) is 0 Å². The number of hydrogen-bond acceptors (Lipinski definition) is 6. The molecule has 0 saturated heterocycles.